The SMILES string of the molecule is O=S(=O)(c1ccc(F)cc1)N(Cc1ccc(Br)cc1F)c1ccccc1. The van der Waals surface area contributed by atoms with Gasteiger partial charge in [-0.1, -0.05) is 40.2 Å². The molecule has 0 aromatic heterocycles. The third kappa shape index (κ3) is 3.94. The zero-order valence-corrected chi connectivity index (χ0v) is 15.8. The normalized spacial score (nSPS) is 11.3. The average Bonchev–Trinajstić information content (AvgIpc) is 2.62. The predicted molar refractivity (Wildman–Crippen MR) is 100 cm³/mol. The maximum absolute atomic E-state index is 14.3. The summed E-state index contributed by atoms with van der Waals surface area (Å²) in [4.78, 5) is -0.0692. The molecule has 26 heavy (non-hydrogen) atoms. The van der Waals surface area contributed by atoms with E-state index in [2.05, 4.69) is 15.9 Å². The fraction of sp³-hybridized carbons (Fsp3) is 0.0526. The maximum Gasteiger partial charge on any atom is 0.264 e. The molecule has 0 aliphatic carbocycles. The first kappa shape index (κ1) is 18.5. The fourth-order valence-corrected chi connectivity index (χ4v) is 4.22. The number of sulfonamides is 1. The van der Waals surface area contributed by atoms with Crippen molar-refractivity contribution in [1.82, 2.24) is 0 Å². The molecule has 3 aromatic carbocycles. The van der Waals surface area contributed by atoms with Gasteiger partial charge in [0.2, 0.25) is 0 Å². The molecule has 0 aliphatic heterocycles. The molecule has 7 heteroatoms. The smallest absolute Gasteiger partial charge is 0.262 e. The molecule has 3 aromatic rings. The van der Waals surface area contributed by atoms with Crippen LogP contribution in [0.1, 0.15) is 5.56 Å². The molecule has 3 rings (SSSR count). The molecule has 0 saturated heterocycles. The van der Waals surface area contributed by atoms with Crippen LogP contribution in [0, 0.1) is 11.6 Å². The molecule has 0 spiro atoms. The van der Waals surface area contributed by atoms with Crippen LogP contribution in [0.15, 0.2) is 82.2 Å². The molecule has 0 saturated carbocycles. The highest BCUT2D eigenvalue weighted by Crippen LogP contribution is 2.27. The number of rotatable bonds is 5. The van der Waals surface area contributed by atoms with Crippen molar-refractivity contribution in [1.29, 1.82) is 0 Å². The van der Waals surface area contributed by atoms with Crippen molar-refractivity contribution in [2.24, 2.45) is 0 Å². The molecule has 0 fully saturated rings. The van der Waals surface area contributed by atoms with Gasteiger partial charge in [0.15, 0.2) is 0 Å². The summed E-state index contributed by atoms with van der Waals surface area (Å²) >= 11 is 3.18. The van der Waals surface area contributed by atoms with E-state index in [1.165, 1.54) is 24.3 Å². The molecule has 0 radical (unpaired) electrons. The molecular formula is C19H14BrF2NO2S. The molecule has 0 heterocycles. The molecule has 0 aliphatic rings. The Bertz CT molecular complexity index is 1010. The van der Waals surface area contributed by atoms with Crippen molar-refractivity contribution in [3.8, 4) is 0 Å². The molecule has 3 nitrogen and oxygen atoms in total. The first-order chi connectivity index (χ1) is 12.4. The standard InChI is InChI=1S/C19H14BrF2NO2S/c20-15-7-6-14(19(22)12-15)13-23(17-4-2-1-3-5-17)26(24,25)18-10-8-16(21)9-11-18/h1-12H,13H2. The summed E-state index contributed by atoms with van der Waals surface area (Å²) in [5.74, 6) is -1.05. The molecule has 0 amide bonds. The Morgan fingerprint density at radius 2 is 1.54 bits per heavy atom. The maximum atomic E-state index is 14.3. The minimum atomic E-state index is -4.01. The Morgan fingerprint density at radius 3 is 2.15 bits per heavy atom. The van der Waals surface area contributed by atoms with E-state index in [-0.39, 0.29) is 17.0 Å². The van der Waals surface area contributed by atoms with E-state index in [0.29, 0.717) is 10.2 Å². The summed E-state index contributed by atoms with van der Waals surface area (Å²) in [6.07, 6.45) is 0. The van der Waals surface area contributed by atoms with E-state index in [4.69, 9.17) is 0 Å². The van der Waals surface area contributed by atoms with Gasteiger partial charge in [0.05, 0.1) is 17.1 Å². The van der Waals surface area contributed by atoms with Gasteiger partial charge < -0.3 is 0 Å². The van der Waals surface area contributed by atoms with E-state index in [9.17, 15) is 17.2 Å². The summed E-state index contributed by atoms with van der Waals surface area (Å²) in [5, 5.41) is 0. The Hall–Kier alpha value is -2.25. The van der Waals surface area contributed by atoms with E-state index >= 15 is 0 Å². The Kier molecular flexibility index (Phi) is 5.38. The van der Waals surface area contributed by atoms with Gasteiger partial charge in [0, 0.05) is 10.0 Å². The number of hydrogen-bond donors (Lipinski definition) is 0. The number of hydrogen-bond acceptors (Lipinski definition) is 2. The number of nitrogens with zero attached hydrogens (tertiary/aromatic N) is 1. The summed E-state index contributed by atoms with van der Waals surface area (Å²) in [6.45, 7) is -0.192. The molecule has 0 N–H and O–H groups in total. The van der Waals surface area contributed by atoms with Crippen LogP contribution in [-0.2, 0) is 16.6 Å². The Morgan fingerprint density at radius 1 is 0.885 bits per heavy atom. The molecule has 0 atom stereocenters. The minimum Gasteiger partial charge on any atom is -0.262 e. The van der Waals surface area contributed by atoms with E-state index in [1.807, 2.05) is 0 Å². The average molecular weight is 438 g/mol. The summed E-state index contributed by atoms with van der Waals surface area (Å²) < 4.78 is 55.3. The third-order valence-electron chi connectivity index (χ3n) is 3.77. The minimum absolute atomic E-state index is 0.0692. The Balaban J connectivity index is 2.08. The first-order valence-corrected chi connectivity index (χ1v) is 9.88. The van der Waals surface area contributed by atoms with Crippen LogP contribution < -0.4 is 4.31 Å². The summed E-state index contributed by atoms with van der Waals surface area (Å²) in [7, 11) is -4.01. The quantitative estimate of drug-likeness (QED) is 0.555. The van der Waals surface area contributed by atoms with Crippen LogP contribution >= 0.6 is 15.9 Å². The van der Waals surface area contributed by atoms with Gasteiger partial charge in [-0.05, 0) is 48.5 Å². The van der Waals surface area contributed by atoms with Gasteiger partial charge >= 0.3 is 0 Å². The monoisotopic (exact) mass is 437 g/mol. The highest BCUT2D eigenvalue weighted by atomic mass is 79.9. The van der Waals surface area contributed by atoms with Gasteiger partial charge in [-0.2, -0.15) is 0 Å². The van der Waals surface area contributed by atoms with E-state index < -0.39 is 21.7 Å². The first-order valence-electron chi connectivity index (χ1n) is 7.65. The van der Waals surface area contributed by atoms with Crippen molar-refractivity contribution in [2.75, 3.05) is 4.31 Å². The van der Waals surface area contributed by atoms with Gasteiger partial charge in [-0.15, -0.1) is 0 Å². The van der Waals surface area contributed by atoms with Crippen LogP contribution in [0.5, 0.6) is 0 Å². The van der Waals surface area contributed by atoms with Crippen molar-refractivity contribution in [2.45, 2.75) is 11.4 Å². The number of anilines is 1. The van der Waals surface area contributed by atoms with Crippen molar-refractivity contribution in [3.05, 3.63) is 94.5 Å². The second-order valence-electron chi connectivity index (χ2n) is 5.54. The molecule has 0 unspecified atom stereocenters. The lowest BCUT2D eigenvalue weighted by Gasteiger charge is -2.25. The van der Waals surface area contributed by atoms with E-state index in [1.54, 1.807) is 36.4 Å². The van der Waals surface area contributed by atoms with Crippen LogP contribution in [0.2, 0.25) is 0 Å². The van der Waals surface area contributed by atoms with Gasteiger partial charge in [0.25, 0.3) is 10.0 Å². The zero-order chi connectivity index (χ0) is 18.7. The van der Waals surface area contributed by atoms with Crippen LogP contribution in [-0.4, -0.2) is 8.42 Å². The number of para-hydroxylation sites is 1. The van der Waals surface area contributed by atoms with Crippen molar-refractivity contribution >= 4 is 31.6 Å². The second kappa shape index (κ2) is 7.55. The van der Waals surface area contributed by atoms with Gasteiger partial charge in [-0.25, -0.2) is 17.2 Å². The van der Waals surface area contributed by atoms with Gasteiger partial charge in [-0.3, -0.25) is 4.31 Å². The van der Waals surface area contributed by atoms with Crippen molar-refractivity contribution < 1.29 is 17.2 Å². The lowest BCUT2D eigenvalue weighted by Crippen LogP contribution is -2.31. The molecule has 0 bridgehead atoms. The second-order valence-corrected chi connectivity index (χ2v) is 8.31. The Labute approximate surface area is 159 Å². The molecular weight excluding hydrogens is 424 g/mol. The lowest BCUT2D eigenvalue weighted by molar-refractivity contribution is 0.584. The largest absolute Gasteiger partial charge is 0.264 e. The summed E-state index contributed by atoms with van der Waals surface area (Å²) in [6, 6.07) is 17.4. The zero-order valence-electron chi connectivity index (χ0n) is 13.4. The lowest BCUT2D eigenvalue weighted by atomic mass is 10.2. The third-order valence-corrected chi connectivity index (χ3v) is 6.06. The highest BCUT2D eigenvalue weighted by molar-refractivity contribution is 9.10. The van der Waals surface area contributed by atoms with Crippen molar-refractivity contribution in [3.63, 3.8) is 0 Å². The highest BCUT2D eigenvalue weighted by Gasteiger charge is 2.26. The van der Waals surface area contributed by atoms with Crippen LogP contribution in [0.25, 0.3) is 0 Å². The predicted octanol–water partition coefficient (Wildman–Crippen LogP) is 5.12. The fourth-order valence-electron chi connectivity index (χ4n) is 2.45. The summed E-state index contributed by atoms with van der Waals surface area (Å²) in [5.41, 5.74) is 0.613. The topological polar surface area (TPSA) is 37.4 Å². The van der Waals surface area contributed by atoms with Crippen LogP contribution in [0.3, 0.4) is 0 Å². The van der Waals surface area contributed by atoms with Gasteiger partial charge in [0.1, 0.15) is 11.6 Å². The number of halogens is 3. The molecule has 134 valence electrons. The van der Waals surface area contributed by atoms with E-state index in [0.717, 1.165) is 16.4 Å². The van der Waals surface area contributed by atoms with Crippen LogP contribution in [0.4, 0.5) is 14.5 Å². The number of benzene rings is 3.